The van der Waals surface area contributed by atoms with E-state index in [1.165, 1.54) is 0 Å². The van der Waals surface area contributed by atoms with Gasteiger partial charge in [0.2, 0.25) is 10.0 Å². The summed E-state index contributed by atoms with van der Waals surface area (Å²) in [4.78, 5) is 27.8. The Morgan fingerprint density at radius 3 is 2.26 bits per heavy atom. The van der Waals surface area contributed by atoms with Gasteiger partial charge in [-0.15, -0.1) is 0 Å². The Morgan fingerprint density at radius 2 is 1.67 bits per heavy atom. The zero-order chi connectivity index (χ0) is 29.9. The van der Waals surface area contributed by atoms with Gasteiger partial charge in [-0.05, 0) is 68.2 Å². The van der Waals surface area contributed by atoms with Crippen LogP contribution in [0, 0.1) is 16.7 Å². The molecule has 6 rings (SSSR count). The van der Waals surface area contributed by atoms with Crippen molar-refractivity contribution in [3.63, 3.8) is 0 Å². The zero-order valence-electron chi connectivity index (χ0n) is 25.4. The number of hydrogen-bond donors (Lipinski definition) is 0. The molecule has 4 aliphatic rings. The molecule has 2 aliphatic heterocycles. The molecule has 2 aromatic rings. The maximum absolute atomic E-state index is 13.8. The molecule has 2 heterocycles. The van der Waals surface area contributed by atoms with Gasteiger partial charge < -0.3 is 9.64 Å². The normalized spacial score (nSPS) is 28.0. The lowest BCUT2D eigenvalue weighted by Crippen LogP contribution is -2.54. The first-order valence-corrected chi connectivity index (χ1v) is 17.2. The van der Waals surface area contributed by atoms with Gasteiger partial charge in [-0.3, -0.25) is 9.59 Å². The standard InChI is InChI=1S/C34H44N2O5S/c1-5-35(6-2)31(38)25-13-11-24(12-14-25)28-22-33(41-29-10-8-7-9-27(28)29)17-19-36(20-18-33)42(39,40)23-34-16-15-26(21-30(34)37)32(34,3)4/h7-14,26,28H,5-6,15-23H2,1-4H3/t26-,28+,34-/m1/s1. The lowest BCUT2D eigenvalue weighted by atomic mass is 9.70. The Hall–Kier alpha value is -2.71. The van der Waals surface area contributed by atoms with Crippen molar-refractivity contribution >= 4 is 21.7 Å². The maximum Gasteiger partial charge on any atom is 0.253 e. The molecule has 1 spiro atoms. The van der Waals surface area contributed by atoms with Crippen molar-refractivity contribution < 1.29 is 22.7 Å². The number of rotatable bonds is 7. The number of piperidine rings is 1. The number of sulfonamides is 1. The molecule has 2 aliphatic carbocycles. The molecule has 42 heavy (non-hydrogen) atoms. The summed E-state index contributed by atoms with van der Waals surface area (Å²) in [7, 11) is -3.60. The molecule has 0 unspecified atom stereocenters. The van der Waals surface area contributed by atoms with E-state index in [1.54, 1.807) is 4.31 Å². The van der Waals surface area contributed by atoms with E-state index >= 15 is 0 Å². The van der Waals surface area contributed by atoms with Crippen LogP contribution in [-0.4, -0.2) is 66.8 Å². The van der Waals surface area contributed by atoms with Crippen molar-refractivity contribution in [1.29, 1.82) is 0 Å². The molecule has 3 atom stereocenters. The smallest absolute Gasteiger partial charge is 0.253 e. The van der Waals surface area contributed by atoms with E-state index in [0.717, 1.165) is 29.7 Å². The fourth-order valence-electron chi connectivity index (χ4n) is 8.46. The first-order valence-electron chi connectivity index (χ1n) is 15.6. The molecule has 2 bridgehead atoms. The molecule has 1 saturated heterocycles. The Bertz CT molecular complexity index is 1470. The Kier molecular flexibility index (Phi) is 7.32. The summed E-state index contributed by atoms with van der Waals surface area (Å²) < 4.78 is 35.9. The van der Waals surface area contributed by atoms with Gasteiger partial charge in [-0.25, -0.2) is 12.7 Å². The lowest BCUT2D eigenvalue weighted by Gasteiger charge is -2.47. The molecular weight excluding hydrogens is 548 g/mol. The van der Waals surface area contributed by atoms with E-state index < -0.39 is 21.0 Å². The van der Waals surface area contributed by atoms with Crippen LogP contribution in [0.3, 0.4) is 0 Å². The molecule has 0 radical (unpaired) electrons. The highest BCUT2D eigenvalue weighted by molar-refractivity contribution is 7.89. The van der Waals surface area contributed by atoms with Crippen LogP contribution in [-0.2, 0) is 14.8 Å². The van der Waals surface area contributed by atoms with Gasteiger partial charge in [0, 0.05) is 67.9 Å². The number of para-hydroxylation sites is 1. The molecule has 0 N–H and O–H groups in total. The maximum atomic E-state index is 13.8. The molecule has 226 valence electrons. The summed E-state index contributed by atoms with van der Waals surface area (Å²) in [6, 6.07) is 16.1. The Balaban J connectivity index is 1.21. The van der Waals surface area contributed by atoms with E-state index in [0.29, 0.717) is 63.3 Å². The summed E-state index contributed by atoms with van der Waals surface area (Å²) >= 11 is 0. The second-order valence-corrected chi connectivity index (χ2v) is 15.5. The van der Waals surface area contributed by atoms with Crippen LogP contribution in [0.5, 0.6) is 5.75 Å². The van der Waals surface area contributed by atoms with Crippen LogP contribution < -0.4 is 4.74 Å². The highest BCUT2D eigenvalue weighted by Gasteiger charge is 2.65. The molecule has 2 aromatic carbocycles. The van der Waals surface area contributed by atoms with Gasteiger partial charge >= 0.3 is 0 Å². The summed E-state index contributed by atoms with van der Waals surface area (Å²) in [5.41, 5.74) is 1.44. The average molecular weight is 593 g/mol. The first kappa shape index (κ1) is 29.4. The van der Waals surface area contributed by atoms with Crippen LogP contribution in [0.15, 0.2) is 48.5 Å². The molecular formula is C34H44N2O5S. The van der Waals surface area contributed by atoms with Gasteiger partial charge in [-0.1, -0.05) is 44.2 Å². The second kappa shape index (κ2) is 10.5. The van der Waals surface area contributed by atoms with Crippen molar-refractivity contribution in [3.8, 4) is 5.75 Å². The predicted molar refractivity (Wildman–Crippen MR) is 163 cm³/mol. The summed E-state index contributed by atoms with van der Waals surface area (Å²) in [5, 5.41) is 0. The van der Waals surface area contributed by atoms with Gasteiger partial charge in [0.25, 0.3) is 5.91 Å². The van der Waals surface area contributed by atoms with Crippen LogP contribution in [0.4, 0.5) is 0 Å². The van der Waals surface area contributed by atoms with Crippen LogP contribution in [0.1, 0.15) is 93.6 Å². The number of ketones is 1. The topological polar surface area (TPSA) is 84.0 Å². The minimum Gasteiger partial charge on any atom is -0.487 e. The number of ether oxygens (including phenoxy) is 1. The Morgan fingerprint density at radius 1 is 1.00 bits per heavy atom. The number of fused-ring (bicyclic) bond motifs is 3. The summed E-state index contributed by atoms with van der Waals surface area (Å²) in [5.74, 6) is 1.34. The zero-order valence-corrected chi connectivity index (χ0v) is 26.2. The van der Waals surface area contributed by atoms with E-state index in [-0.39, 0.29) is 28.8 Å². The lowest BCUT2D eigenvalue weighted by molar-refractivity contribution is -0.128. The highest BCUT2D eigenvalue weighted by atomic mass is 32.2. The number of Topliss-reactive ketones (excluding diaryl/α,β-unsaturated/α-hetero) is 1. The number of nitrogens with zero attached hydrogens (tertiary/aromatic N) is 2. The quantitative estimate of drug-likeness (QED) is 0.415. The predicted octanol–water partition coefficient (Wildman–Crippen LogP) is 5.64. The first-order chi connectivity index (χ1) is 20.0. The minimum absolute atomic E-state index is 0.0411. The van der Waals surface area contributed by atoms with E-state index in [9.17, 15) is 18.0 Å². The van der Waals surface area contributed by atoms with Gasteiger partial charge in [0.1, 0.15) is 17.1 Å². The monoisotopic (exact) mass is 592 g/mol. The van der Waals surface area contributed by atoms with Gasteiger partial charge in [0.15, 0.2) is 0 Å². The minimum atomic E-state index is -3.60. The number of carbonyl (C=O) groups excluding carboxylic acids is 2. The molecule has 7 nitrogen and oxygen atoms in total. The number of hydrogen-bond acceptors (Lipinski definition) is 5. The van der Waals surface area contributed by atoms with Gasteiger partial charge in [-0.2, -0.15) is 0 Å². The molecule has 0 aromatic heterocycles. The van der Waals surface area contributed by atoms with E-state index in [1.807, 2.05) is 49.1 Å². The number of carbonyl (C=O) groups is 2. The van der Waals surface area contributed by atoms with Crippen molar-refractivity contribution in [3.05, 3.63) is 65.2 Å². The fraction of sp³-hybridized carbons (Fsp3) is 0.588. The third-order valence-corrected chi connectivity index (χ3v) is 13.4. The number of amides is 1. The molecule has 2 saturated carbocycles. The van der Waals surface area contributed by atoms with E-state index in [2.05, 4.69) is 32.0 Å². The van der Waals surface area contributed by atoms with Crippen LogP contribution >= 0.6 is 0 Å². The summed E-state index contributed by atoms with van der Waals surface area (Å²) in [6.07, 6.45) is 4.09. The van der Waals surface area contributed by atoms with Gasteiger partial charge in [0.05, 0.1) is 5.75 Å². The average Bonchev–Trinajstić information content (AvgIpc) is 3.32. The number of benzene rings is 2. The van der Waals surface area contributed by atoms with E-state index in [4.69, 9.17) is 4.74 Å². The third-order valence-electron chi connectivity index (χ3n) is 11.4. The fourth-order valence-corrected chi connectivity index (χ4v) is 10.7. The molecule has 3 fully saturated rings. The highest BCUT2D eigenvalue weighted by Crippen LogP contribution is 2.64. The van der Waals surface area contributed by atoms with Crippen LogP contribution in [0.25, 0.3) is 0 Å². The van der Waals surface area contributed by atoms with Crippen molar-refractivity contribution in [2.75, 3.05) is 31.9 Å². The Labute approximate surface area is 250 Å². The SMILES string of the molecule is CCN(CC)C(=O)c1ccc([C@@H]2CC3(CCN(S(=O)(=O)C[C@]45CC[C@H](CC4=O)C5(C)C)CC3)Oc3ccccc32)cc1. The molecule has 1 amide bonds. The van der Waals surface area contributed by atoms with Crippen LogP contribution in [0.2, 0.25) is 0 Å². The summed E-state index contributed by atoms with van der Waals surface area (Å²) in [6.45, 7) is 10.3. The molecule has 8 heteroatoms. The van der Waals surface area contributed by atoms with Crippen molar-refractivity contribution in [2.24, 2.45) is 16.7 Å². The van der Waals surface area contributed by atoms with Crippen molar-refractivity contribution in [1.82, 2.24) is 9.21 Å². The third kappa shape index (κ3) is 4.60. The second-order valence-electron chi connectivity index (χ2n) is 13.5. The largest absolute Gasteiger partial charge is 0.487 e. The van der Waals surface area contributed by atoms with Crippen molar-refractivity contribution in [2.45, 2.75) is 77.7 Å².